The number of hydrogen-bond donors (Lipinski definition) is 0. The summed E-state index contributed by atoms with van der Waals surface area (Å²) in [6, 6.07) is 2.59. The lowest BCUT2D eigenvalue weighted by molar-refractivity contribution is -0.133. The summed E-state index contributed by atoms with van der Waals surface area (Å²) in [7, 11) is 0. The predicted molar refractivity (Wildman–Crippen MR) is 92.4 cm³/mol. The topological polar surface area (TPSA) is 54.3 Å². The summed E-state index contributed by atoms with van der Waals surface area (Å²) in [5.74, 6) is 0.760. The first-order valence-corrected chi connectivity index (χ1v) is 9.45. The highest BCUT2D eigenvalue weighted by Gasteiger charge is 2.45. The highest BCUT2D eigenvalue weighted by atomic mass is 32.1. The lowest BCUT2D eigenvalue weighted by Crippen LogP contribution is -2.48. The van der Waals surface area contributed by atoms with Gasteiger partial charge in [0.05, 0.1) is 19.1 Å². The molecule has 3 atom stereocenters. The molecule has 128 valence electrons. The Kier molecular flexibility index (Phi) is 4.37. The van der Waals surface area contributed by atoms with E-state index in [2.05, 4.69) is 19.9 Å². The number of nitrogens with zero attached hydrogens (tertiary/aromatic N) is 5. The zero-order valence-corrected chi connectivity index (χ0v) is 14.7. The molecule has 7 heteroatoms. The van der Waals surface area contributed by atoms with E-state index < -0.39 is 0 Å². The first kappa shape index (κ1) is 15.8. The number of aromatic nitrogens is 3. The van der Waals surface area contributed by atoms with E-state index in [9.17, 15) is 4.79 Å². The number of carbonyl (C=O) groups excluding carboxylic acids is 1. The molecule has 6 nitrogen and oxygen atoms in total. The van der Waals surface area contributed by atoms with E-state index in [1.165, 1.54) is 5.01 Å². The van der Waals surface area contributed by atoms with Crippen molar-refractivity contribution < 1.29 is 4.79 Å². The first-order chi connectivity index (χ1) is 11.7. The molecule has 0 saturated carbocycles. The fourth-order valence-corrected chi connectivity index (χ4v) is 5.03. The third-order valence-corrected chi connectivity index (χ3v) is 6.03. The third kappa shape index (κ3) is 3.10. The smallest absolute Gasteiger partial charge is 0.220 e. The molecular formula is C17H23N5OS. The average molecular weight is 345 g/mol. The van der Waals surface area contributed by atoms with E-state index in [0.29, 0.717) is 12.0 Å². The van der Waals surface area contributed by atoms with Gasteiger partial charge in [-0.25, -0.2) is 4.98 Å². The number of hydrogen-bond acceptors (Lipinski definition) is 5. The molecule has 0 aliphatic carbocycles. The van der Waals surface area contributed by atoms with Crippen molar-refractivity contribution in [1.82, 2.24) is 24.6 Å². The maximum absolute atomic E-state index is 12.3. The molecule has 0 spiro atoms. The zero-order valence-electron chi connectivity index (χ0n) is 13.9. The van der Waals surface area contributed by atoms with Gasteiger partial charge in [-0.15, -0.1) is 11.3 Å². The SMILES string of the molecule is CC(=O)N1[C@H](Cn2cccn2)C[C@@H]2CN(Cc3nccs3)CC[C@@H]21. The van der Waals surface area contributed by atoms with Gasteiger partial charge in [-0.05, 0) is 24.8 Å². The average Bonchev–Trinajstić information content (AvgIpc) is 3.27. The molecule has 0 aromatic carbocycles. The second-order valence-electron chi connectivity index (χ2n) is 6.82. The lowest BCUT2D eigenvalue weighted by atomic mass is 9.92. The van der Waals surface area contributed by atoms with Crippen molar-refractivity contribution in [3.63, 3.8) is 0 Å². The van der Waals surface area contributed by atoms with E-state index in [0.717, 1.165) is 39.0 Å². The van der Waals surface area contributed by atoms with Crippen LogP contribution in [0.3, 0.4) is 0 Å². The molecule has 2 saturated heterocycles. The summed E-state index contributed by atoms with van der Waals surface area (Å²) in [5, 5.41) is 7.54. The van der Waals surface area contributed by atoms with Crippen LogP contribution in [0, 0.1) is 5.92 Å². The van der Waals surface area contributed by atoms with Crippen LogP contribution in [0.15, 0.2) is 30.0 Å². The largest absolute Gasteiger partial charge is 0.335 e. The minimum absolute atomic E-state index is 0.202. The second-order valence-corrected chi connectivity index (χ2v) is 7.80. The van der Waals surface area contributed by atoms with Crippen LogP contribution in [0.4, 0.5) is 0 Å². The molecule has 2 aromatic heterocycles. The van der Waals surface area contributed by atoms with Crippen LogP contribution in [-0.4, -0.2) is 55.6 Å². The van der Waals surface area contributed by atoms with Crippen molar-refractivity contribution in [2.75, 3.05) is 13.1 Å². The number of fused-ring (bicyclic) bond motifs is 1. The molecule has 2 aromatic rings. The molecular weight excluding hydrogens is 322 g/mol. The Balaban J connectivity index is 1.45. The minimum atomic E-state index is 0.202. The second kappa shape index (κ2) is 6.64. The molecule has 0 bridgehead atoms. The summed E-state index contributed by atoms with van der Waals surface area (Å²) in [6.07, 6.45) is 7.79. The van der Waals surface area contributed by atoms with Gasteiger partial charge >= 0.3 is 0 Å². The van der Waals surface area contributed by atoms with Crippen LogP contribution >= 0.6 is 11.3 Å². The van der Waals surface area contributed by atoms with Gasteiger partial charge in [-0.2, -0.15) is 5.10 Å². The van der Waals surface area contributed by atoms with Gasteiger partial charge in [0.2, 0.25) is 5.91 Å². The van der Waals surface area contributed by atoms with Crippen LogP contribution in [0.5, 0.6) is 0 Å². The number of amides is 1. The Labute approximate surface area is 146 Å². The highest BCUT2D eigenvalue weighted by Crippen LogP contribution is 2.36. The van der Waals surface area contributed by atoms with Crippen molar-refractivity contribution >= 4 is 17.2 Å². The van der Waals surface area contributed by atoms with Crippen LogP contribution in [0.2, 0.25) is 0 Å². The Morgan fingerprint density at radius 2 is 2.33 bits per heavy atom. The number of carbonyl (C=O) groups is 1. The van der Waals surface area contributed by atoms with Gasteiger partial charge in [0.15, 0.2) is 0 Å². The fraction of sp³-hybridized carbons (Fsp3) is 0.588. The minimum Gasteiger partial charge on any atom is -0.335 e. The standard InChI is InChI=1S/C17H23N5OS/c1-13(23)22-15(11-21-6-2-4-19-21)9-14-10-20(7-3-16(14)22)12-17-18-5-8-24-17/h2,4-6,8,14-16H,3,7,9-12H2,1H3/t14-,15+,16+/m1/s1. The fourth-order valence-electron chi connectivity index (χ4n) is 4.37. The molecule has 2 aliphatic heterocycles. The Hall–Kier alpha value is -1.73. The van der Waals surface area contributed by atoms with Crippen LogP contribution in [-0.2, 0) is 17.9 Å². The highest BCUT2D eigenvalue weighted by molar-refractivity contribution is 7.09. The van der Waals surface area contributed by atoms with E-state index >= 15 is 0 Å². The van der Waals surface area contributed by atoms with Gasteiger partial charge in [-0.1, -0.05) is 0 Å². The number of likely N-dealkylation sites (tertiary alicyclic amines) is 2. The monoisotopic (exact) mass is 345 g/mol. The lowest BCUT2D eigenvalue weighted by Gasteiger charge is -2.38. The van der Waals surface area contributed by atoms with Crippen LogP contribution < -0.4 is 0 Å². The molecule has 2 aliphatic rings. The maximum Gasteiger partial charge on any atom is 0.220 e. The summed E-state index contributed by atoms with van der Waals surface area (Å²) in [4.78, 5) is 21.3. The predicted octanol–water partition coefficient (Wildman–Crippen LogP) is 1.85. The molecule has 0 unspecified atom stereocenters. The molecule has 4 rings (SSSR count). The molecule has 2 fully saturated rings. The normalized spacial score (nSPS) is 27.4. The number of thiazole rings is 1. The van der Waals surface area contributed by atoms with Gasteiger partial charge in [0, 0.05) is 50.0 Å². The summed E-state index contributed by atoms with van der Waals surface area (Å²) >= 11 is 1.72. The van der Waals surface area contributed by atoms with E-state index in [1.807, 2.05) is 28.5 Å². The first-order valence-electron chi connectivity index (χ1n) is 8.58. The van der Waals surface area contributed by atoms with Gasteiger partial charge in [0.1, 0.15) is 5.01 Å². The third-order valence-electron chi connectivity index (χ3n) is 5.27. The van der Waals surface area contributed by atoms with Crippen molar-refractivity contribution in [1.29, 1.82) is 0 Å². The number of piperidine rings is 1. The van der Waals surface area contributed by atoms with Crippen molar-refractivity contribution in [2.45, 2.75) is 44.9 Å². The van der Waals surface area contributed by atoms with Crippen molar-refractivity contribution in [2.24, 2.45) is 5.92 Å². The van der Waals surface area contributed by atoms with E-state index in [1.54, 1.807) is 24.5 Å². The Bertz CT molecular complexity index is 671. The molecule has 1 amide bonds. The maximum atomic E-state index is 12.3. The molecule has 24 heavy (non-hydrogen) atoms. The Morgan fingerprint density at radius 1 is 1.42 bits per heavy atom. The van der Waals surface area contributed by atoms with Gasteiger partial charge in [-0.3, -0.25) is 14.4 Å². The Morgan fingerprint density at radius 3 is 3.04 bits per heavy atom. The van der Waals surface area contributed by atoms with Crippen molar-refractivity contribution in [3.8, 4) is 0 Å². The summed E-state index contributed by atoms with van der Waals surface area (Å²) in [6.45, 7) is 5.54. The molecule has 0 radical (unpaired) electrons. The molecule has 4 heterocycles. The van der Waals surface area contributed by atoms with Crippen LogP contribution in [0.25, 0.3) is 0 Å². The van der Waals surface area contributed by atoms with Gasteiger partial charge < -0.3 is 4.90 Å². The number of rotatable bonds is 4. The van der Waals surface area contributed by atoms with E-state index in [-0.39, 0.29) is 11.9 Å². The van der Waals surface area contributed by atoms with Crippen molar-refractivity contribution in [3.05, 3.63) is 35.0 Å². The summed E-state index contributed by atoms with van der Waals surface area (Å²) < 4.78 is 1.95. The summed E-state index contributed by atoms with van der Waals surface area (Å²) in [5.41, 5.74) is 0. The quantitative estimate of drug-likeness (QED) is 0.849. The van der Waals surface area contributed by atoms with Gasteiger partial charge in [0.25, 0.3) is 0 Å². The van der Waals surface area contributed by atoms with Crippen LogP contribution in [0.1, 0.15) is 24.8 Å². The molecule has 0 N–H and O–H groups in total. The van der Waals surface area contributed by atoms with E-state index in [4.69, 9.17) is 0 Å². The zero-order chi connectivity index (χ0) is 16.5.